The van der Waals surface area contributed by atoms with Gasteiger partial charge in [0.05, 0.1) is 15.9 Å². The van der Waals surface area contributed by atoms with E-state index in [1.165, 1.54) is 39.6 Å². The molecule has 160 valence electrons. The maximum absolute atomic E-state index is 4.66. The molecule has 0 amide bonds. The number of aromatic nitrogens is 3. The van der Waals surface area contributed by atoms with Gasteiger partial charge in [0.25, 0.3) is 0 Å². The fourth-order valence-electron chi connectivity index (χ4n) is 4.55. The number of thiophene rings is 1. The van der Waals surface area contributed by atoms with Crippen molar-refractivity contribution < 1.29 is 0 Å². The highest BCUT2D eigenvalue weighted by atomic mass is 32.1. The van der Waals surface area contributed by atoms with Gasteiger partial charge >= 0.3 is 0 Å². The van der Waals surface area contributed by atoms with Crippen LogP contribution in [0.2, 0.25) is 0 Å². The fraction of sp³-hybridized carbons (Fsp3) is 0.231. The average Bonchev–Trinajstić information content (AvgIpc) is 3.43. The zero-order valence-electron chi connectivity index (χ0n) is 17.8. The van der Waals surface area contributed by atoms with Gasteiger partial charge in [-0.1, -0.05) is 42.5 Å². The van der Waals surface area contributed by atoms with E-state index in [0.717, 1.165) is 47.9 Å². The first-order valence-corrected chi connectivity index (χ1v) is 12.1. The molecule has 1 aliphatic heterocycles. The molecule has 0 bridgehead atoms. The quantitative estimate of drug-likeness (QED) is 0.331. The maximum atomic E-state index is 4.66. The Morgan fingerprint density at radius 3 is 2.66 bits per heavy atom. The van der Waals surface area contributed by atoms with Crippen LogP contribution in [0.25, 0.3) is 31.6 Å². The van der Waals surface area contributed by atoms with Gasteiger partial charge in [0.1, 0.15) is 5.69 Å². The highest BCUT2D eigenvalue weighted by Gasteiger charge is 2.16. The van der Waals surface area contributed by atoms with Crippen LogP contribution in [0.3, 0.4) is 0 Å². The number of aromatic amines is 1. The van der Waals surface area contributed by atoms with E-state index in [2.05, 4.69) is 80.0 Å². The van der Waals surface area contributed by atoms with Crippen LogP contribution >= 0.6 is 11.3 Å². The Morgan fingerprint density at radius 2 is 1.78 bits per heavy atom. The minimum atomic E-state index is 0.770. The molecule has 0 aliphatic carbocycles. The highest BCUT2D eigenvalue weighted by molar-refractivity contribution is 7.26. The van der Waals surface area contributed by atoms with Crippen molar-refractivity contribution in [3.63, 3.8) is 0 Å². The Hall–Kier alpha value is -3.38. The van der Waals surface area contributed by atoms with Crippen LogP contribution in [0.15, 0.2) is 66.9 Å². The number of H-pyrrole nitrogens is 1. The Morgan fingerprint density at radius 1 is 0.938 bits per heavy atom. The van der Waals surface area contributed by atoms with Gasteiger partial charge in [-0.25, -0.2) is 4.98 Å². The monoisotopic (exact) mass is 439 g/mol. The van der Waals surface area contributed by atoms with E-state index in [1.807, 2.05) is 12.3 Å². The molecule has 0 saturated carbocycles. The number of piperidine rings is 1. The summed E-state index contributed by atoms with van der Waals surface area (Å²) in [5, 5.41) is 12.7. The van der Waals surface area contributed by atoms with Gasteiger partial charge < -0.3 is 10.2 Å². The van der Waals surface area contributed by atoms with Crippen LogP contribution in [-0.4, -0.2) is 28.3 Å². The molecule has 1 saturated heterocycles. The number of benzene rings is 2. The Labute approximate surface area is 191 Å². The first-order valence-electron chi connectivity index (χ1n) is 11.3. The predicted octanol–water partition coefficient (Wildman–Crippen LogP) is 6.44. The van der Waals surface area contributed by atoms with E-state index < -0.39 is 0 Å². The SMILES string of the molecule is c1cnc(N2CCCCC2)c(NCc2ccc(-c3n[nH]c4c3sc3ccccc34)cc2)c1. The molecular weight excluding hydrogens is 414 g/mol. The molecule has 6 rings (SSSR count). The van der Waals surface area contributed by atoms with Gasteiger partial charge in [-0.3, -0.25) is 5.10 Å². The highest BCUT2D eigenvalue weighted by Crippen LogP contribution is 2.38. The molecule has 32 heavy (non-hydrogen) atoms. The van der Waals surface area contributed by atoms with Crippen molar-refractivity contribution in [3.05, 3.63) is 72.4 Å². The summed E-state index contributed by atoms with van der Waals surface area (Å²) in [4.78, 5) is 7.07. The molecule has 5 aromatic rings. The van der Waals surface area contributed by atoms with E-state index in [4.69, 9.17) is 0 Å². The number of anilines is 2. The molecule has 0 unspecified atom stereocenters. The van der Waals surface area contributed by atoms with Crippen LogP contribution in [0.5, 0.6) is 0 Å². The number of nitrogens with zero attached hydrogens (tertiary/aromatic N) is 3. The van der Waals surface area contributed by atoms with Crippen LogP contribution in [0.4, 0.5) is 11.5 Å². The van der Waals surface area contributed by atoms with Crippen LogP contribution in [0, 0.1) is 0 Å². The third-order valence-corrected chi connectivity index (χ3v) is 7.42. The van der Waals surface area contributed by atoms with Crippen LogP contribution < -0.4 is 10.2 Å². The van der Waals surface area contributed by atoms with Crippen molar-refractivity contribution in [2.45, 2.75) is 25.8 Å². The van der Waals surface area contributed by atoms with E-state index >= 15 is 0 Å². The second-order valence-corrected chi connectivity index (χ2v) is 9.40. The molecule has 0 radical (unpaired) electrons. The molecule has 1 fully saturated rings. The van der Waals surface area contributed by atoms with Crippen LogP contribution in [-0.2, 0) is 6.54 Å². The zero-order valence-corrected chi connectivity index (χ0v) is 18.7. The summed E-state index contributed by atoms with van der Waals surface area (Å²) in [6, 6.07) is 21.4. The standard InChI is InChI=1S/C26H25N5S/c1-4-15-31(16-5-1)26-21(8-6-14-27-26)28-17-18-10-12-19(13-11-18)23-25-24(30-29-23)20-7-2-3-9-22(20)32-25/h2-3,6-14,28H,1,4-5,15-17H2,(H,29,30). The summed E-state index contributed by atoms with van der Waals surface area (Å²) in [7, 11) is 0. The number of rotatable bonds is 5. The van der Waals surface area contributed by atoms with Gasteiger partial charge in [-0.05, 0) is 43.0 Å². The number of nitrogens with one attached hydrogen (secondary N) is 2. The molecule has 6 heteroatoms. The molecule has 1 aliphatic rings. The van der Waals surface area contributed by atoms with Gasteiger partial charge in [0.15, 0.2) is 5.82 Å². The van der Waals surface area contributed by atoms with Crippen molar-refractivity contribution in [1.82, 2.24) is 15.2 Å². The first kappa shape index (κ1) is 19.3. The summed E-state index contributed by atoms with van der Waals surface area (Å²) in [6.07, 6.45) is 5.71. The van der Waals surface area contributed by atoms with Crippen molar-refractivity contribution in [2.75, 3.05) is 23.3 Å². The summed E-state index contributed by atoms with van der Waals surface area (Å²) in [6.45, 7) is 2.96. The Kier molecular flexibility index (Phi) is 5.00. The smallest absolute Gasteiger partial charge is 0.151 e. The Balaban J connectivity index is 1.21. The minimum absolute atomic E-state index is 0.770. The van der Waals surface area contributed by atoms with Gasteiger partial charge in [0, 0.05) is 41.5 Å². The molecule has 0 atom stereocenters. The van der Waals surface area contributed by atoms with Crippen molar-refractivity contribution in [1.29, 1.82) is 0 Å². The molecule has 0 spiro atoms. The summed E-state index contributed by atoms with van der Waals surface area (Å²) < 4.78 is 2.51. The molecule has 2 aromatic carbocycles. The Bertz CT molecular complexity index is 1360. The number of fused-ring (bicyclic) bond motifs is 3. The maximum Gasteiger partial charge on any atom is 0.151 e. The van der Waals surface area contributed by atoms with E-state index in [1.54, 1.807) is 11.3 Å². The fourth-order valence-corrected chi connectivity index (χ4v) is 5.72. The average molecular weight is 440 g/mol. The summed E-state index contributed by atoms with van der Waals surface area (Å²) in [5.41, 5.74) is 5.65. The second kappa shape index (κ2) is 8.28. The summed E-state index contributed by atoms with van der Waals surface area (Å²) in [5.74, 6) is 1.08. The number of hydrogen-bond acceptors (Lipinski definition) is 5. The lowest BCUT2D eigenvalue weighted by Gasteiger charge is -2.29. The van der Waals surface area contributed by atoms with Gasteiger partial charge in [-0.2, -0.15) is 5.10 Å². The number of pyridine rings is 1. The third kappa shape index (κ3) is 3.50. The van der Waals surface area contributed by atoms with E-state index in [0.29, 0.717) is 0 Å². The van der Waals surface area contributed by atoms with Gasteiger partial charge in [-0.15, -0.1) is 11.3 Å². The minimum Gasteiger partial charge on any atom is -0.378 e. The molecule has 3 aromatic heterocycles. The summed E-state index contributed by atoms with van der Waals surface area (Å²) >= 11 is 1.80. The topological polar surface area (TPSA) is 56.8 Å². The van der Waals surface area contributed by atoms with Gasteiger partial charge in [0.2, 0.25) is 0 Å². The third-order valence-electron chi connectivity index (χ3n) is 6.24. The molecular formula is C26H25N5S. The molecule has 4 heterocycles. The number of hydrogen-bond donors (Lipinski definition) is 2. The predicted molar refractivity (Wildman–Crippen MR) is 135 cm³/mol. The van der Waals surface area contributed by atoms with Crippen molar-refractivity contribution >= 4 is 43.1 Å². The second-order valence-electron chi connectivity index (χ2n) is 8.35. The van der Waals surface area contributed by atoms with E-state index in [9.17, 15) is 0 Å². The van der Waals surface area contributed by atoms with Crippen LogP contribution in [0.1, 0.15) is 24.8 Å². The first-order chi connectivity index (χ1) is 15.9. The van der Waals surface area contributed by atoms with Crippen molar-refractivity contribution in [2.24, 2.45) is 0 Å². The largest absolute Gasteiger partial charge is 0.378 e. The molecule has 5 nitrogen and oxygen atoms in total. The zero-order chi connectivity index (χ0) is 21.3. The lowest BCUT2D eigenvalue weighted by Crippen LogP contribution is -2.30. The van der Waals surface area contributed by atoms with Crippen molar-refractivity contribution in [3.8, 4) is 11.3 Å². The van der Waals surface area contributed by atoms with E-state index in [-0.39, 0.29) is 0 Å². The molecule has 2 N–H and O–H groups in total. The normalized spacial score (nSPS) is 14.3. The lowest BCUT2D eigenvalue weighted by molar-refractivity contribution is 0.574. The lowest BCUT2D eigenvalue weighted by atomic mass is 10.1.